The van der Waals surface area contributed by atoms with Crippen molar-refractivity contribution in [3.8, 4) is 11.5 Å². The van der Waals surface area contributed by atoms with Crippen LogP contribution in [0.25, 0.3) is 0 Å². The smallest absolute Gasteiger partial charge is 0.310 e. The molecule has 0 fully saturated rings. The van der Waals surface area contributed by atoms with E-state index in [1.807, 2.05) is 0 Å². The number of nitro benzene ring substituents is 1. The molecule has 0 spiro atoms. The third-order valence-electron chi connectivity index (χ3n) is 3.32. The van der Waals surface area contributed by atoms with Gasteiger partial charge in [-0.3, -0.25) is 35.9 Å². The van der Waals surface area contributed by atoms with Gasteiger partial charge >= 0.3 is 5.69 Å². The van der Waals surface area contributed by atoms with Gasteiger partial charge in [-0.25, -0.2) is 0 Å². The van der Waals surface area contributed by atoms with E-state index in [1.54, 1.807) is 30.3 Å². The number of benzene rings is 2. The van der Waals surface area contributed by atoms with Crippen LogP contribution in [-0.2, 0) is 4.79 Å². The molecule has 0 heterocycles. The summed E-state index contributed by atoms with van der Waals surface area (Å²) in [5.74, 6) is -0.578. The minimum absolute atomic E-state index is 0.0435. The predicted molar refractivity (Wildman–Crippen MR) is 103 cm³/mol. The zero-order valence-electron chi connectivity index (χ0n) is 14.6. The van der Waals surface area contributed by atoms with Gasteiger partial charge in [0, 0.05) is 11.6 Å². The number of nitro groups is 1. The Morgan fingerprint density at radius 2 is 1.79 bits per heavy atom. The first kappa shape index (κ1) is 20.6. The molecular formula is C17H16N4O6S. The number of hydrogen-bond donors (Lipinski definition) is 3. The monoisotopic (exact) mass is 404 g/mol. The molecule has 0 radical (unpaired) electrons. The topological polar surface area (TPSA) is 132 Å². The van der Waals surface area contributed by atoms with Gasteiger partial charge in [-0.15, -0.1) is 0 Å². The molecule has 3 N–H and O–H groups in total. The van der Waals surface area contributed by atoms with Gasteiger partial charge in [0.15, 0.2) is 17.5 Å². The van der Waals surface area contributed by atoms with Crippen molar-refractivity contribution in [2.24, 2.45) is 0 Å². The van der Waals surface area contributed by atoms with Gasteiger partial charge in [-0.05, 0) is 42.5 Å². The van der Waals surface area contributed by atoms with Crippen molar-refractivity contribution in [2.75, 3.05) is 13.7 Å². The van der Waals surface area contributed by atoms with Gasteiger partial charge in [0.2, 0.25) is 0 Å². The number of nitrogens with zero attached hydrogens (tertiary/aromatic N) is 1. The Labute approximate surface area is 164 Å². The number of hydrogen-bond acceptors (Lipinski definition) is 7. The first-order valence-electron chi connectivity index (χ1n) is 7.81. The summed E-state index contributed by atoms with van der Waals surface area (Å²) in [6.07, 6.45) is 0. The van der Waals surface area contributed by atoms with Crippen molar-refractivity contribution in [3.05, 3.63) is 64.2 Å². The molecule has 146 valence electrons. The number of carbonyl (C=O) groups is 2. The molecular weight excluding hydrogens is 388 g/mol. The van der Waals surface area contributed by atoms with Gasteiger partial charge in [0.25, 0.3) is 11.8 Å². The van der Waals surface area contributed by atoms with E-state index in [2.05, 4.69) is 16.2 Å². The molecule has 2 aromatic rings. The summed E-state index contributed by atoms with van der Waals surface area (Å²) in [5.41, 5.74) is 4.64. The largest absolute Gasteiger partial charge is 0.497 e. The highest BCUT2D eigenvalue weighted by molar-refractivity contribution is 7.80. The predicted octanol–water partition coefficient (Wildman–Crippen LogP) is 1.32. The summed E-state index contributed by atoms with van der Waals surface area (Å²) in [6.45, 7) is -0.493. The molecule has 0 atom stereocenters. The van der Waals surface area contributed by atoms with Crippen LogP contribution in [0.5, 0.6) is 11.5 Å². The lowest BCUT2D eigenvalue weighted by Crippen LogP contribution is -2.49. The summed E-state index contributed by atoms with van der Waals surface area (Å²) < 4.78 is 10.1. The number of methoxy groups -OCH3 is 1. The van der Waals surface area contributed by atoms with Crippen molar-refractivity contribution in [1.82, 2.24) is 16.2 Å². The summed E-state index contributed by atoms with van der Waals surface area (Å²) in [6, 6.07) is 12.0. The zero-order chi connectivity index (χ0) is 20.5. The molecule has 2 aromatic carbocycles. The lowest BCUT2D eigenvalue weighted by molar-refractivity contribution is -0.385. The maximum atomic E-state index is 12.0. The van der Waals surface area contributed by atoms with E-state index in [9.17, 15) is 19.7 Å². The third-order valence-corrected chi connectivity index (χ3v) is 3.52. The van der Waals surface area contributed by atoms with E-state index >= 15 is 0 Å². The number of carbonyl (C=O) groups excluding carboxylic acids is 2. The summed E-state index contributed by atoms with van der Waals surface area (Å²) in [7, 11) is 1.51. The van der Waals surface area contributed by atoms with Crippen LogP contribution < -0.4 is 25.6 Å². The second-order valence-corrected chi connectivity index (χ2v) is 5.61. The Hall–Kier alpha value is -3.73. The molecule has 0 bridgehead atoms. The highest BCUT2D eigenvalue weighted by Gasteiger charge is 2.15. The molecule has 11 heteroatoms. The molecule has 0 aliphatic rings. The van der Waals surface area contributed by atoms with Gasteiger partial charge in [-0.2, -0.15) is 0 Å². The lowest BCUT2D eigenvalue weighted by Gasteiger charge is -2.11. The third kappa shape index (κ3) is 5.92. The first-order chi connectivity index (χ1) is 13.4. The van der Waals surface area contributed by atoms with Crippen LogP contribution in [0.2, 0.25) is 0 Å². The van der Waals surface area contributed by atoms with Gasteiger partial charge < -0.3 is 9.47 Å². The van der Waals surface area contributed by atoms with Crippen LogP contribution in [0.3, 0.4) is 0 Å². The number of nitrogens with one attached hydrogen (secondary N) is 3. The fourth-order valence-electron chi connectivity index (χ4n) is 1.98. The second kappa shape index (κ2) is 9.83. The Balaban J connectivity index is 1.78. The quantitative estimate of drug-likeness (QED) is 0.373. The Kier molecular flexibility index (Phi) is 7.22. The molecule has 0 aromatic heterocycles. The molecule has 10 nitrogen and oxygen atoms in total. The molecule has 0 aliphatic carbocycles. The molecule has 28 heavy (non-hydrogen) atoms. The maximum absolute atomic E-state index is 12.0. The number of thiocarbonyl (C=S) groups is 1. The van der Waals surface area contributed by atoms with Crippen molar-refractivity contribution >= 4 is 34.8 Å². The zero-order valence-corrected chi connectivity index (χ0v) is 15.4. The van der Waals surface area contributed by atoms with Crippen molar-refractivity contribution in [1.29, 1.82) is 0 Å². The molecule has 0 saturated carbocycles. The van der Waals surface area contributed by atoms with E-state index in [4.69, 9.17) is 21.7 Å². The average Bonchev–Trinajstić information content (AvgIpc) is 2.70. The van der Waals surface area contributed by atoms with E-state index in [0.29, 0.717) is 11.3 Å². The molecule has 2 rings (SSSR count). The number of amides is 2. The van der Waals surface area contributed by atoms with Crippen LogP contribution in [0.1, 0.15) is 10.4 Å². The first-order valence-corrected chi connectivity index (χ1v) is 8.22. The summed E-state index contributed by atoms with van der Waals surface area (Å²) in [4.78, 5) is 34.1. The minimum Gasteiger partial charge on any atom is -0.497 e. The normalized spacial score (nSPS) is 9.75. The van der Waals surface area contributed by atoms with Crippen molar-refractivity contribution < 1.29 is 24.0 Å². The van der Waals surface area contributed by atoms with Crippen LogP contribution in [0.15, 0.2) is 48.5 Å². The Morgan fingerprint density at radius 1 is 1.11 bits per heavy atom. The number of ether oxygens (including phenoxy) is 2. The Bertz CT molecular complexity index is 887. The van der Waals surface area contributed by atoms with Gasteiger partial charge in [-0.1, -0.05) is 12.1 Å². The van der Waals surface area contributed by atoms with Crippen LogP contribution >= 0.6 is 12.2 Å². The average molecular weight is 404 g/mol. The molecule has 0 unspecified atom stereocenters. The minimum atomic E-state index is -0.654. The van der Waals surface area contributed by atoms with Gasteiger partial charge in [0.05, 0.1) is 12.0 Å². The fourth-order valence-corrected chi connectivity index (χ4v) is 2.13. The standard InChI is InChI=1S/C17H16N4O6S/c1-26-12-8-6-11(7-9-12)16(23)18-17(28)20-19-15(22)10-27-14-5-3-2-4-13(14)21(24)25/h2-9H,10H2,1H3,(H,19,22)(H2,18,20,23,28). The van der Waals surface area contributed by atoms with Crippen molar-refractivity contribution in [2.45, 2.75) is 0 Å². The highest BCUT2D eigenvalue weighted by atomic mass is 32.1. The molecule has 0 aliphatic heterocycles. The number of para-hydroxylation sites is 2. The Morgan fingerprint density at radius 3 is 2.43 bits per heavy atom. The maximum Gasteiger partial charge on any atom is 0.310 e. The van der Waals surface area contributed by atoms with Crippen LogP contribution in [0, 0.1) is 10.1 Å². The highest BCUT2D eigenvalue weighted by Crippen LogP contribution is 2.25. The number of rotatable bonds is 6. The molecule has 0 saturated heterocycles. The summed E-state index contributed by atoms with van der Waals surface area (Å²) >= 11 is 4.92. The summed E-state index contributed by atoms with van der Waals surface area (Å²) in [5, 5.41) is 13.1. The van der Waals surface area contributed by atoms with E-state index in [0.717, 1.165) is 0 Å². The lowest BCUT2D eigenvalue weighted by atomic mass is 10.2. The second-order valence-electron chi connectivity index (χ2n) is 5.20. The molecule has 2 amide bonds. The van der Waals surface area contributed by atoms with E-state index < -0.39 is 23.3 Å². The number of hydrazine groups is 1. The SMILES string of the molecule is COc1ccc(C(=O)NC(=S)NNC(=O)COc2ccccc2[N+](=O)[O-])cc1. The van der Waals surface area contributed by atoms with E-state index in [1.165, 1.54) is 25.3 Å². The van der Waals surface area contributed by atoms with Crippen molar-refractivity contribution in [3.63, 3.8) is 0 Å². The van der Waals surface area contributed by atoms with Crippen LogP contribution in [-0.4, -0.2) is 35.6 Å². The fraction of sp³-hybridized carbons (Fsp3) is 0.118. The van der Waals surface area contributed by atoms with E-state index in [-0.39, 0.29) is 16.5 Å². The van der Waals surface area contributed by atoms with Crippen LogP contribution in [0.4, 0.5) is 5.69 Å². The van der Waals surface area contributed by atoms with Gasteiger partial charge in [0.1, 0.15) is 5.75 Å².